The van der Waals surface area contributed by atoms with Gasteiger partial charge in [-0.15, -0.1) is 11.3 Å². The zero-order chi connectivity index (χ0) is 16.1. The number of nitrogens with one attached hydrogen (secondary N) is 2. The molecule has 2 aromatic carbocycles. The summed E-state index contributed by atoms with van der Waals surface area (Å²) in [6, 6.07) is 14.8. The fraction of sp³-hybridized carbons (Fsp3) is 0.0625. The first-order chi connectivity index (χ1) is 11.2. The molecule has 0 saturated heterocycles. The molecule has 3 rings (SSSR count). The Kier molecular flexibility index (Phi) is 4.80. The summed E-state index contributed by atoms with van der Waals surface area (Å²) in [4.78, 5) is 16.0. The van der Waals surface area contributed by atoms with Gasteiger partial charge in [-0.1, -0.05) is 18.2 Å². The molecule has 0 saturated carbocycles. The Bertz CT molecular complexity index is 833. The van der Waals surface area contributed by atoms with Crippen molar-refractivity contribution in [2.24, 2.45) is 0 Å². The summed E-state index contributed by atoms with van der Waals surface area (Å²) in [5.74, 6) is 0.322. The first-order valence-corrected chi connectivity index (χ1v) is 8.11. The minimum Gasteiger partial charge on any atom is -0.484 e. The Balaban J connectivity index is 1.51. The van der Waals surface area contributed by atoms with Gasteiger partial charge >= 0.3 is 0 Å². The number of hydrogen-bond acceptors (Lipinski definition) is 5. The molecular weight excluding hydrogens is 330 g/mol. The third kappa shape index (κ3) is 4.24. The van der Waals surface area contributed by atoms with Crippen LogP contribution in [0.1, 0.15) is 0 Å². The number of para-hydroxylation sites is 1. The molecule has 0 radical (unpaired) electrons. The minimum atomic E-state index is -0.315. The van der Waals surface area contributed by atoms with E-state index in [4.69, 9.17) is 17.0 Å². The van der Waals surface area contributed by atoms with Crippen LogP contribution in [0.15, 0.2) is 54.0 Å². The van der Waals surface area contributed by atoms with E-state index in [0.29, 0.717) is 5.75 Å². The molecule has 2 N–H and O–H groups in total. The van der Waals surface area contributed by atoms with Crippen LogP contribution in [0.5, 0.6) is 5.75 Å². The molecular formula is C16H13N3O2S2. The van der Waals surface area contributed by atoms with Gasteiger partial charge in [0.2, 0.25) is 0 Å². The van der Waals surface area contributed by atoms with Gasteiger partial charge in [0.05, 0.1) is 15.7 Å². The maximum atomic E-state index is 11.8. The Morgan fingerprint density at radius 1 is 1.22 bits per heavy atom. The van der Waals surface area contributed by atoms with Crippen molar-refractivity contribution in [3.8, 4) is 5.75 Å². The summed E-state index contributed by atoms with van der Waals surface area (Å²) < 4.78 is 6.41. The van der Waals surface area contributed by atoms with Crippen molar-refractivity contribution >= 4 is 50.5 Å². The van der Waals surface area contributed by atoms with Crippen LogP contribution in [0.4, 0.5) is 5.69 Å². The monoisotopic (exact) mass is 343 g/mol. The van der Waals surface area contributed by atoms with Crippen molar-refractivity contribution in [1.29, 1.82) is 0 Å². The van der Waals surface area contributed by atoms with Crippen molar-refractivity contribution in [3.05, 3.63) is 54.0 Å². The summed E-state index contributed by atoms with van der Waals surface area (Å²) in [7, 11) is 0. The van der Waals surface area contributed by atoms with E-state index in [0.717, 1.165) is 15.9 Å². The maximum absolute atomic E-state index is 11.8. The van der Waals surface area contributed by atoms with E-state index in [-0.39, 0.29) is 17.6 Å². The minimum absolute atomic E-state index is 0.0975. The van der Waals surface area contributed by atoms with Gasteiger partial charge in [-0.25, -0.2) is 4.98 Å². The molecule has 0 aliphatic rings. The lowest BCUT2D eigenvalue weighted by Crippen LogP contribution is -2.37. The van der Waals surface area contributed by atoms with Crippen LogP contribution < -0.4 is 15.4 Å². The average Bonchev–Trinajstić information content (AvgIpc) is 3.01. The van der Waals surface area contributed by atoms with E-state index in [9.17, 15) is 4.79 Å². The lowest BCUT2D eigenvalue weighted by atomic mass is 10.3. The Labute approximate surface area is 142 Å². The highest BCUT2D eigenvalue weighted by Gasteiger charge is 2.07. The zero-order valence-corrected chi connectivity index (χ0v) is 13.6. The van der Waals surface area contributed by atoms with Crippen LogP contribution >= 0.6 is 23.6 Å². The van der Waals surface area contributed by atoms with Gasteiger partial charge < -0.3 is 10.1 Å². The number of rotatable bonds is 4. The van der Waals surface area contributed by atoms with Crippen LogP contribution in [-0.4, -0.2) is 22.6 Å². The third-order valence-corrected chi connectivity index (χ3v) is 3.95. The molecule has 7 heteroatoms. The number of ether oxygens (including phenoxy) is 1. The van der Waals surface area contributed by atoms with Gasteiger partial charge in [0.15, 0.2) is 11.7 Å². The highest BCUT2D eigenvalue weighted by molar-refractivity contribution is 7.80. The molecule has 5 nitrogen and oxygen atoms in total. The number of fused-ring (bicyclic) bond motifs is 1. The number of aromatic nitrogens is 1. The molecule has 23 heavy (non-hydrogen) atoms. The first-order valence-electron chi connectivity index (χ1n) is 6.82. The fourth-order valence-corrected chi connectivity index (χ4v) is 2.87. The molecule has 0 bridgehead atoms. The summed E-state index contributed by atoms with van der Waals surface area (Å²) in [6.45, 7) is -0.0975. The van der Waals surface area contributed by atoms with E-state index in [1.165, 1.54) is 0 Å². The molecule has 0 fully saturated rings. The third-order valence-electron chi connectivity index (χ3n) is 2.96. The summed E-state index contributed by atoms with van der Waals surface area (Å²) >= 11 is 6.68. The van der Waals surface area contributed by atoms with E-state index >= 15 is 0 Å². The highest BCUT2D eigenvalue weighted by atomic mass is 32.1. The van der Waals surface area contributed by atoms with Crippen molar-refractivity contribution in [1.82, 2.24) is 10.3 Å². The van der Waals surface area contributed by atoms with Crippen molar-refractivity contribution in [2.75, 3.05) is 11.9 Å². The lowest BCUT2D eigenvalue weighted by Gasteiger charge is -2.10. The number of hydrogen-bond donors (Lipinski definition) is 2. The Morgan fingerprint density at radius 3 is 2.87 bits per heavy atom. The number of carbonyl (C=O) groups is 1. The predicted octanol–water partition coefficient (Wildman–Crippen LogP) is 3.19. The average molecular weight is 343 g/mol. The molecule has 1 amide bonds. The highest BCUT2D eigenvalue weighted by Crippen LogP contribution is 2.21. The molecule has 1 heterocycles. The van der Waals surface area contributed by atoms with Crippen LogP contribution in [0, 0.1) is 0 Å². The van der Waals surface area contributed by atoms with Gasteiger partial charge in [-0.2, -0.15) is 0 Å². The van der Waals surface area contributed by atoms with E-state index in [1.54, 1.807) is 29.0 Å². The Hall–Kier alpha value is -2.51. The van der Waals surface area contributed by atoms with Crippen molar-refractivity contribution < 1.29 is 9.53 Å². The van der Waals surface area contributed by atoms with E-state index in [1.807, 2.05) is 36.4 Å². The summed E-state index contributed by atoms with van der Waals surface area (Å²) in [6.07, 6.45) is 0. The molecule has 0 aliphatic heterocycles. The lowest BCUT2D eigenvalue weighted by molar-refractivity contribution is -0.121. The zero-order valence-electron chi connectivity index (χ0n) is 12.0. The van der Waals surface area contributed by atoms with Crippen LogP contribution in [0.25, 0.3) is 10.2 Å². The second-order valence-corrected chi connectivity index (χ2v) is 5.93. The number of nitrogens with zero attached hydrogens (tertiary/aromatic N) is 1. The first kappa shape index (κ1) is 15.4. The molecule has 0 atom stereocenters. The van der Waals surface area contributed by atoms with Crippen LogP contribution in [0.3, 0.4) is 0 Å². The van der Waals surface area contributed by atoms with Crippen molar-refractivity contribution in [2.45, 2.75) is 0 Å². The number of anilines is 1. The molecule has 0 spiro atoms. The number of carbonyl (C=O) groups excluding carboxylic acids is 1. The summed E-state index contributed by atoms with van der Waals surface area (Å²) in [5, 5.41) is 5.79. The smallest absolute Gasteiger partial charge is 0.264 e. The van der Waals surface area contributed by atoms with Crippen LogP contribution in [-0.2, 0) is 4.79 Å². The molecule has 0 unspecified atom stereocenters. The second kappa shape index (κ2) is 7.17. The van der Waals surface area contributed by atoms with E-state index in [2.05, 4.69) is 15.6 Å². The second-order valence-electron chi connectivity index (χ2n) is 4.64. The SMILES string of the molecule is O=C(COc1ccccc1)NC(=S)Nc1ccc2ncsc2c1. The largest absolute Gasteiger partial charge is 0.484 e. The maximum Gasteiger partial charge on any atom is 0.264 e. The number of thiazole rings is 1. The normalized spacial score (nSPS) is 10.3. The van der Waals surface area contributed by atoms with Crippen molar-refractivity contribution in [3.63, 3.8) is 0 Å². The standard InChI is InChI=1S/C16H13N3O2S2/c20-15(9-21-12-4-2-1-3-5-12)19-16(22)18-11-6-7-13-14(8-11)23-10-17-13/h1-8,10H,9H2,(H2,18,19,20,22). The number of benzene rings is 2. The molecule has 0 aliphatic carbocycles. The van der Waals surface area contributed by atoms with Gasteiger partial charge in [0.25, 0.3) is 5.91 Å². The van der Waals surface area contributed by atoms with E-state index < -0.39 is 0 Å². The topological polar surface area (TPSA) is 63.2 Å². The Morgan fingerprint density at radius 2 is 2.04 bits per heavy atom. The summed E-state index contributed by atoms with van der Waals surface area (Å²) in [5.41, 5.74) is 3.53. The van der Waals surface area contributed by atoms with Gasteiger partial charge in [0.1, 0.15) is 5.75 Å². The number of thiocarbonyl (C=S) groups is 1. The molecule has 116 valence electrons. The predicted molar refractivity (Wildman–Crippen MR) is 95.9 cm³/mol. The van der Waals surface area contributed by atoms with Gasteiger partial charge in [-0.3, -0.25) is 10.1 Å². The van der Waals surface area contributed by atoms with Gasteiger partial charge in [0, 0.05) is 5.69 Å². The quantitative estimate of drug-likeness (QED) is 0.713. The fourth-order valence-electron chi connectivity index (χ4n) is 1.92. The molecule has 3 aromatic rings. The van der Waals surface area contributed by atoms with Crippen LogP contribution in [0.2, 0.25) is 0 Å². The number of amides is 1. The van der Waals surface area contributed by atoms with Gasteiger partial charge in [-0.05, 0) is 42.5 Å². The molecule has 1 aromatic heterocycles.